The first kappa shape index (κ1) is 18.7. The summed E-state index contributed by atoms with van der Waals surface area (Å²) < 4.78 is 0. The third kappa shape index (κ3) is 5.79. The molecule has 0 radical (unpaired) electrons. The van der Waals surface area contributed by atoms with E-state index in [4.69, 9.17) is 0 Å². The summed E-state index contributed by atoms with van der Waals surface area (Å²) in [5.41, 5.74) is 0. The van der Waals surface area contributed by atoms with Gasteiger partial charge in [-0.25, -0.2) is 4.79 Å². The zero-order chi connectivity index (χ0) is 17.5. The van der Waals surface area contributed by atoms with Crippen LogP contribution in [0.2, 0.25) is 0 Å². The van der Waals surface area contributed by atoms with Crippen molar-refractivity contribution in [1.82, 2.24) is 20.4 Å². The summed E-state index contributed by atoms with van der Waals surface area (Å²) in [4.78, 5) is 29.0. The third-order valence-electron chi connectivity index (χ3n) is 4.38. The number of piperidine rings is 1. The lowest BCUT2D eigenvalue weighted by Crippen LogP contribution is -2.49. The van der Waals surface area contributed by atoms with Crippen LogP contribution in [0, 0.1) is 5.92 Å². The molecule has 2 rings (SSSR count). The van der Waals surface area contributed by atoms with Gasteiger partial charge in [0.15, 0.2) is 0 Å². The van der Waals surface area contributed by atoms with Gasteiger partial charge in [0.1, 0.15) is 6.04 Å². The Bertz CT molecular complexity index is 525. The van der Waals surface area contributed by atoms with Gasteiger partial charge < -0.3 is 15.5 Å². The lowest BCUT2D eigenvalue weighted by molar-refractivity contribution is -0.130. The molecule has 0 bridgehead atoms. The van der Waals surface area contributed by atoms with Gasteiger partial charge in [0, 0.05) is 32.1 Å². The van der Waals surface area contributed by atoms with E-state index < -0.39 is 6.04 Å². The molecule has 0 spiro atoms. The Kier molecular flexibility index (Phi) is 7.05. The Morgan fingerprint density at radius 3 is 2.67 bits per heavy atom. The molecule has 1 aromatic rings. The van der Waals surface area contributed by atoms with E-state index in [2.05, 4.69) is 33.0 Å². The maximum atomic E-state index is 11.9. The van der Waals surface area contributed by atoms with Crippen molar-refractivity contribution in [1.29, 1.82) is 0 Å². The van der Waals surface area contributed by atoms with Gasteiger partial charge in [0.25, 0.3) is 0 Å². The van der Waals surface area contributed by atoms with Crippen LogP contribution in [0.5, 0.6) is 0 Å². The topological polar surface area (TPSA) is 64.7 Å². The standard InChI is InChI=1S/C17H28N4O2S/c1-13(16(22)20(2)3)19-17(23)18-11-14-6-8-21(9-7-14)12-15-5-4-10-24-15/h4-5,10,13-14H,6-9,11-12H2,1-3H3,(H2,18,19,23). The van der Waals surface area contributed by atoms with E-state index >= 15 is 0 Å². The number of carbonyl (C=O) groups is 2. The SMILES string of the molecule is CC(NC(=O)NCC1CCN(Cc2cccs2)CC1)C(=O)N(C)C. The molecular formula is C17H28N4O2S. The van der Waals surface area contributed by atoms with Gasteiger partial charge in [-0.2, -0.15) is 0 Å². The predicted molar refractivity (Wildman–Crippen MR) is 97.0 cm³/mol. The monoisotopic (exact) mass is 352 g/mol. The molecular weight excluding hydrogens is 324 g/mol. The molecule has 2 N–H and O–H groups in total. The second-order valence-corrected chi connectivity index (χ2v) is 7.64. The highest BCUT2D eigenvalue weighted by Crippen LogP contribution is 2.20. The van der Waals surface area contributed by atoms with E-state index in [0.717, 1.165) is 32.5 Å². The lowest BCUT2D eigenvalue weighted by atomic mass is 9.97. The Balaban J connectivity index is 1.63. The van der Waals surface area contributed by atoms with Crippen molar-refractivity contribution in [3.63, 3.8) is 0 Å². The normalized spacial score (nSPS) is 17.3. The van der Waals surface area contributed by atoms with Crippen molar-refractivity contribution in [3.05, 3.63) is 22.4 Å². The highest BCUT2D eigenvalue weighted by molar-refractivity contribution is 7.09. The molecule has 0 aliphatic carbocycles. The summed E-state index contributed by atoms with van der Waals surface area (Å²) in [6.07, 6.45) is 2.19. The van der Waals surface area contributed by atoms with Gasteiger partial charge in [0.2, 0.25) is 5.91 Å². The number of nitrogens with one attached hydrogen (secondary N) is 2. The van der Waals surface area contributed by atoms with Crippen LogP contribution in [0.1, 0.15) is 24.6 Å². The van der Waals surface area contributed by atoms with E-state index in [1.165, 1.54) is 9.78 Å². The Labute approximate surface area is 148 Å². The number of urea groups is 1. The van der Waals surface area contributed by atoms with Crippen LogP contribution in [-0.2, 0) is 11.3 Å². The molecule has 1 aliphatic heterocycles. The van der Waals surface area contributed by atoms with Crippen LogP contribution in [-0.4, -0.2) is 61.5 Å². The van der Waals surface area contributed by atoms with E-state index in [1.54, 1.807) is 32.4 Å². The van der Waals surface area contributed by atoms with Gasteiger partial charge in [-0.3, -0.25) is 9.69 Å². The average molecular weight is 353 g/mol. The predicted octanol–water partition coefficient (Wildman–Crippen LogP) is 1.74. The van der Waals surface area contributed by atoms with E-state index in [1.807, 2.05) is 0 Å². The molecule has 0 saturated carbocycles. The summed E-state index contributed by atoms with van der Waals surface area (Å²) in [6.45, 7) is 5.54. The summed E-state index contributed by atoms with van der Waals surface area (Å²) in [6, 6.07) is 3.50. The number of hydrogen-bond acceptors (Lipinski definition) is 4. The van der Waals surface area contributed by atoms with Gasteiger partial charge in [-0.15, -0.1) is 11.3 Å². The van der Waals surface area contributed by atoms with Crippen LogP contribution in [0.4, 0.5) is 4.79 Å². The molecule has 2 heterocycles. The minimum atomic E-state index is -0.507. The average Bonchev–Trinajstić information content (AvgIpc) is 3.06. The second-order valence-electron chi connectivity index (χ2n) is 6.61. The summed E-state index contributed by atoms with van der Waals surface area (Å²) >= 11 is 1.80. The molecule has 1 saturated heterocycles. The van der Waals surface area contributed by atoms with E-state index in [0.29, 0.717) is 12.5 Å². The largest absolute Gasteiger partial charge is 0.347 e. The molecule has 1 aliphatic rings. The van der Waals surface area contributed by atoms with Gasteiger partial charge >= 0.3 is 6.03 Å². The Morgan fingerprint density at radius 2 is 2.08 bits per heavy atom. The number of rotatable bonds is 6. The first-order chi connectivity index (χ1) is 11.5. The number of hydrogen-bond donors (Lipinski definition) is 2. The van der Waals surface area contributed by atoms with Crippen LogP contribution >= 0.6 is 11.3 Å². The fraction of sp³-hybridized carbons (Fsp3) is 0.647. The molecule has 7 heteroatoms. The molecule has 1 aromatic heterocycles. The number of nitrogens with zero attached hydrogens (tertiary/aromatic N) is 2. The van der Waals surface area contributed by atoms with Gasteiger partial charge in [0.05, 0.1) is 0 Å². The molecule has 3 amide bonds. The highest BCUT2D eigenvalue weighted by atomic mass is 32.1. The number of likely N-dealkylation sites (N-methyl/N-ethyl adjacent to an activating group) is 1. The van der Waals surface area contributed by atoms with Crippen LogP contribution in [0.15, 0.2) is 17.5 Å². The van der Waals surface area contributed by atoms with Crippen molar-refractivity contribution in [2.45, 2.75) is 32.4 Å². The summed E-state index contributed by atoms with van der Waals surface area (Å²) in [5, 5.41) is 7.71. The number of amides is 3. The second kappa shape index (κ2) is 9.03. The number of thiophene rings is 1. The fourth-order valence-corrected chi connectivity index (χ4v) is 3.65. The Morgan fingerprint density at radius 1 is 1.38 bits per heavy atom. The minimum absolute atomic E-state index is 0.105. The van der Waals surface area contributed by atoms with Crippen LogP contribution in [0.3, 0.4) is 0 Å². The van der Waals surface area contributed by atoms with Crippen molar-refractivity contribution >= 4 is 23.3 Å². The van der Waals surface area contributed by atoms with Crippen LogP contribution < -0.4 is 10.6 Å². The minimum Gasteiger partial charge on any atom is -0.347 e. The van der Waals surface area contributed by atoms with Crippen molar-refractivity contribution in [2.24, 2.45) is 5.92 Å². The number of likely N-dealkylation sites (tertiary alicyclic amines) is 1. The smallest absolute Gasteiger partial charge is 0.315 e. The Hall–Kier alpha value is -1.60. The zero-order valence-electron chi connectivity index (χ0n) is 14.7. The maximum absolute atomic E-state index is 11.9. The van der Waals surface area contributed by atoms with E-state index in [9.17, 15) is 9.59 Å². The molecule has 1 atom stereocenters. The maximum Gasteiger partial charge on any atom is 0.315 e. The highest BCUT2D eigenvalue weighted by Gasteiger charge is 2.21. The first-order valence-electron chi connectivity index (χ1n) is 8.46. The first-order valence-corrected chi connectivity index (χ1v) is 9.34. The summed E-state index contributed by atoms with van der Waals surface area (Å²) in [5.74, 6) is 0.405. The number of carbonyl (C=O) groups excluding carboxylic acids is 2. The molecule has 1 unspecified atom stereocenters. The van der Waals surface area contributed by atoms with Crippen molar-refractivity contribution in [2.75, 3.05) is 33.7 Å². The molecule has 6 nitrogen and oxygen atoms in total. The van der Waals surface area contributed by atoms with Gasteiger partial charge in [-0.05, 0) is 50.2 Å². The fourth-order valence-electron chi connectivity index (χ4n) is 2.91. The van der Waals surface area contributed by atoms with Crippen molar-refractivity contribution in [3.8, 4) is 0 Å². The zero-order valence-corrected chi connectivity index (χ0v) is 15.6. The molecule has 24 heavy (non-hydrogen) atoms. The third-order valence-corrected chi connectivity index (χ3v) is 5.24. The summed E-state index contributed by atoms with van der Waals surface area (Å²) in [7, 11) is 3.37. The van der Waals surface area contributed by atoms with E-state index in [-0.39, 0.29) is 11.9 Å². The molecule has 0 aromatic carbocycles. The quantitative estimate of drug-likeness (QED) is 0.820. The van der Waals surface area contributed by atoms with Crippen LogP contribution in [0.25, 0.3) is 0 Å². The lowest BCUT2D eigenvalue weighted by Gasteiger charge is -2.31. The molecule has 1 fully saturated rings. The van der Waals surface area contributed by atoms with Crippen molar-refractivity contribution < 1.29 is 9.59 Å². The van der Waals surface area contributed by atoms with Gasteiger partial charge in [-0.1, -0.05) is 6.07 Å². The molecule has 134 valence electrons.